The molecule has 58 heavy (non-hydrogen) atoms. The summed E-state index contributed by atoms with van der Waals surface area (Å²) in [7, 11) is -4.62. The fourth-order valence-corrected chi connectivity index (χ4v) is 6.84. The zero-order chi connectivity index (χ0) is 42.8. The normalized spacial score (nSPS) is 14.2. The Kier molecular flexibility index (Phi) is 39.7. The first-order valence-electron chi connectivity index (χ1n) is 22.9. The predicted octanol–water partition coefficient (Wildman–Crippen LogP) is 12.7. The van der Waals surface area contributed by atoms with E-state index in [1.807, 2.05) is 12.2 Å². The molecule has 10 nitrogen and oxygen atoms in total. The maximum atomic E-state index is 12.6. The van der Waals surface area contributed by atoms with Crippen molar-refractivity contribution in [3.05, 3.63) is 48.6 Å². The molecule has 0 saturated carbocycles. The summed E-state index contributed by atoms with van der Waals surface area (Å²) in [4.78, 5) is 46.5. The van der Waals surface area contributed by atoms with E-state index in [1.165, 1.54) is 116 Å². The van der Waals surface area contributed by atoms with Crippen LogP contribution in [-0.4, -0.2) is 54.6 Å². The van der Waals surface area contributed by atoms with Crippen LogP contribution in [0.3, 0.4) is 0 Å². The first kappa shape index (κ1) is 55.6. The van der Waals surface area contributed by atoms with Crippen LogP contribution in [-0.2, 0) is 37.5 Å². The van der Waals surface area contributed by atoms with Gasteiger partial charge in [-0.2, -0.15) is 0 Å². The van der Waals surface area contributed by atoms with E-state index in [0.29, 0.717) is 12.8 Å². The topological polar surface area (TPSA) is 151 Å². The van der Waals surface area contributed by atoms with Crippen LogP contribution in [0.1, 0.15) is 201 Å². The Morgan fingerprint density at radius 3 is 1.43 bits per heavy atom. The molecule has 0 bridgehead atoms. The number of Topliss-reactive ketones (excluding diaryl/α,β-unsaturated/α-hetero) is 1. The van der Waals surface area contributed by atoms with Crippen molar-refractivity contribution < 1.29 is 42.4 Å². The van der Waals surface area contributed by atoms with Gasteiger partial charge in [0, 0.05) is 12.8 Å². The summed E-state index contributed by atoms with van der Waals surface area (Å²) < 4.78 is 33.0. The smallest absolute Gasteiger partial charge is 0.462 e. The maximum absolute atomic E-state index is 12.6. The number of esters is 2. The van der Waals surface area contributed by atoms with Crippen LogP contribution in [0.4, 0.5) is 0 Å². The molecule has 0 fully saturated rings. The van der Waals surface area contributed by atoms with Crippen molar-refractivity contribution in [1.29, 1.82) is 0 Å². The SMILES string of the molecule is CCCCCCCC/C=C\C/C=C\C/C=C\C/C=C\CCC(=O)OC(COC(=O)CCCCCCCCCCCCCCCCC)COP(=O)(O)OCC(N)C(C)=O. The number of phosphoric acid groups is 1. The van der Waals surface area contributed by atoms with E-state index < -0.39 is 50.9 Å². The zero-order valence-corrected chi connectivity index (χ0v) is 37.8. The lowest BCUT2D eigenvalue weighted by Crippen LogP contribution is -2.33. The first-order valence-corrected chi connectivity index (χ1v) is 24.4. The van der Waals surface area contributed by atoms with Crippen molar-refractivity contribution >= 4 is 25.5 Å². The molecule has 0 spiro atoms. The molecule has 11 heteroatoms. The number of carbonyl (C=O) groups is 3. The molecule has 0 aromatic rings. The molecule has 3 unspecified atom stereocenters. The minimum atomic E-state index is -4.62. The predicted molar refractivity (Wildman–Crippen MR) is 238 cm³/mol. The van der Waals surface area contributed by atoms with Crippen LogP contribution >= 0.6 is 7.82 Å². The lowest BCUT2D eigenvalue weighted by molar-refractivity contribution is -0.161. The van der Waals surface area contributed by atoms with Gasteiger partial charge >= 0.3 is 19.8 Å². The van der Waals surface area contributed by atoms with Crippen molar-refractivity contribution in [2.75, 3.05) is 19.8 Å². The van der Waals surface area contributed by atoms with Crippen LogP contribution in [0.15, 0.2) is 48.6 Å². The quantitative estimate of drug-likeness (QED) is 0.0263. The van der Waals surface area contributed by atoms with Crippen molar-refractivity contribution in [2.45, 2.75) is 213 Å². The molecule has 0 aliphatic carbocycles. The number of rotatable bonds is 42. The number of hydrogen-bond acceptors (Lipinski definition) is 9. The third-order valence-corrected chi connectivity index (χ3v) is 10.7. The van der Waals surface area contributed by atoms with Crippen LogP contribution in [0.25, 0.3) is 0 Å². The van der Waals surface area contributed by atoms with Crippen LogP contribution in [0.2, 0.25) is 0 Å². The molecule has 3 atom stereocenters. The van der Waals surface area contributed by atoms with Gasteiger partial charge in [0.15, 0.2) is 6.10 Å². The highest BCUT2D eigenvalue weighted by Crippen LogP contribution is 2.43. The number of hydrogen-bond donors (Lipinski definition) is 2. The van der Waals surface area contributed by atoms with E-state index in [-0.39, 0.29) is 19.4 Å². The third-order valence-electron chi connectivity index (χ3n) is 9.80. The summed E-state index contributed by atoms with van der Waals surface area (Å²) in [6, 6.07) is -1.09. The Balaban J connectivity index is 4.45. The van der Waals surface area contributed by atoms with Gasteiger partial charge in [-0.05, 0) is 51.9 Å². The minimum absolute atomic E-state index is 0.0691. The van der Waals surface area contributed by atoms with Crippen LogP contribution < -0.4 is 5.73 Å². The molecule has 0 radical (unpaired) electrons. The van der Waals surface area contributed by atoms with E-state index >= 15 is 0 Å². The van der Waals surface area contributed by atoms with Crippen molar-refractivity contribution in [2.24, 2.45) is 5.73 Å². The number of ether oxygens (including phenoxy) is 2. The maximum Gasteiger partial charge on any atom is 0.472 e. The molecule has 0 heterocycles. The van der Waals surface area contributed by atoms with Gasteiger partial charge in [0.1, 0.15) is 12.4 Å². The Morgan fingerprint density at radius 2 is 0.948 bits per heavy atom. The molecule has 0 amide bonds. The molecular weight excluding hydrogens is 753 g/mol. The summed E-state index contributed by atoms with van der Waals surface area (Å²) in [5.74, 6) is -1.41. The monoisotopic (exact) mass is 838 g/mol. The van der Waals surface area contributed by atoms with Gasteiger partial charge < -0.3 is 20.1 Å². The number of nitrogens with two attached hydrogens (primary N) is 1. The molecule has 0 saturated heterocycles. The molecule has 0 rings (SSSR count). The summed E-state index contributed by atoms with van der Waals surface area (Å²) in [6.07, 6.45) is 46.6. The average molecular weight is 838 g/mol. The lowest BCUT2D eigenvalue weighted by atomic mass is 10.0. The van der Waals surface area contributed by atoms with Gasteiger partial charge in [-0.15, -0.1) is 0 Å². The summed E-state index contributed by atoms with van der Waals surface area (Å²) in [5.41, 5.74) is 5.58. The van der Waals surface area contributed by atoms with Gasteiger partial charge in [-0.1, -0.05) is 184 Å². The first-order chi connectivity index (χ1) is 28.1. The molecule has 0 aromatic carbocycles. The van der Waals surface area contributed by atoms with E-state index in [4.69, 9.17) is 24.3 Å². The van der Waals surface area contributed by atoms with Gasteiger partial charge in [0.2, 0.25) is 0 Å². The zero-order valence-electron chi connectivity index (χ0n) is 36.9. The molecule has 0 aromatic heterocycles. The van der Waals surface area contributed by atoms with Crippen molar-refractivity contribution in [3.63, 3.8) is 0 Å². The Hall–Kier alpha value is -2.36. The summed E-state index contributed by atoms with van der Waals surface area (Å²) in [5, 5.41) is 0. The highest BCUT2D eigenvalue weighted by atomic mass is 31.2. The lowest BCUT2D eigenvalue weighted by Gasteiger charge is -2.20. The Morgan fingerprint density at radius 1 is 0.534 bits per heavy atom. The van der Waals surface area contributed by atoms with E-state index in [2.05, 4.69) is 50.3 Å². The highest BCUT2D eigenvalue weighted by molar-refractivity contribution is 7.47. The second-order valence-electron chi connectivity index (χ2n) is 15.5. The number of allylic oxidation sites excluding steroid dienone is 8. The largest absolute Gasteiger partial charge is 0.472 e. The Bertz CT molecular complexity index is 1170. The number of carbonyl (C=O) groups excluding carboxylic acids is 3. The van der Waals surface area contributed by atoms with Crippen molar-refractivity contribution in [1.82, 2.24) is 0 Å². The molecular formula is C47H84NO9P. The van der Waals surface area contributed by atoms with Gasteiger partial charge in [0.05, 0.1) is 19.3 Å². The fraction of sp³-hybridized carbons (Fsp3) is 0.766. The standard InChI is InChI=1S/C47H84NO9P/c1-4-6-8-10-12-14-16-18-20-21-22-23-25-27-29-31-33-35-37-39-47(51)57-44(41-55-58(52,53)56-42-45(48)43(3)49)40-54-46(50)38-36-34-32-30-28-26-24-19-17-15-13-11-9-7-5-2/h18,20,22-23,27,29,33,35,44-45H,4-17,19,21,24-26,28,30-32,34,36-42,48H2,1-3H3,(H,52,53)/b20-18-,23-22-,29-27-,35-33-. The third kappa shape index (κ3) is 40.4. The molecule has 0 aliphatic rings. The second-order valence-corrected chi connectivity index (χ2v) is 16.9. The molecule has 336 valence electrons. The van der Waals surface area contributed by atoms with E-state index in [9.17, 15) is 23.8 Å². The second kappa shape index (κ2) is 41.4. The van der Waals surface area contributed by atoms with Gasteiger partial charge in [-0.25, -0.2) is 4.57 Å². The minimum Gasteiger partial charge on any atom is -0.462 e. The van der Waals surface area contributed by atoms with Gasteiger partial charge in [0.25, 0.3) is 0 Å². The van der Waals surface area contributed by atoms with Crippen molar-refractivity contribution in [3.8, 4) is 0 Å². The van der Waals surface area contributed by atoms with Gasteiger partial charge in [-0.3, -0.25) is 23.4 Å². The summed E-state index contributed by atoms with van der Waals surface area (Å²) >= 11 is 0. The number of phosphoric ester groups is 1. The van der Waals surface area contributed by atoms with Crippen LogP contribution in [0, 0.1) is 0 Å². The highest BCUT2D eigenvalue weighted by Gasteiger charge is 2.27. The average Bonchev–Trinajstić information content (AvgIpc) is 3.20. The Labute approximate surface area is 353 Å². The van der Waals surface area contributed by atoms with Crippen LogP contribution in [0.5, 0.6) is 0 Å². The van der Waals surface area contributed by atoms with E-state index in [1.54, 1.807) is 0 Å². The summed E-state index contributed by atoms with van der Waals surface area (Å²) in [6.45, 7) is 4.34. The molecule has 0 aliphatic heterocycles. The number of unbranched alkanes of at least 4 members (excludes halogenated alkanes) is 20. The number of ketones is 1. The molecule has 3 N–H and O–H groups in total. The fourth-order valence-electron chi connectivity index (χ4n) is 6.06. The van der Waals surface area contributed by atoms with E-state index in [0.717, 1.165) is 44.9 Å².